The van der Waals surface area contributed by atoms with Gasteiger partial charge in [-0.15, -0.1) is 0 Å². The van der Waals surface area contributed by atoms with Crippen molar-refractivity contribution < 1.29 is 9.32 Å². The normalized spacial score (nSPS) is 14.9. The standard InChI is InChI=1S/C27H34N4O2S/c1-20-8-10-22(11-9-20)19-34-17-5-14-28-27(32)23-12-15-31(16-13-23)18-25-29-26(30-33-25)24-7-4-3-6-21(24)2/h3-4,6-11,23H,5,12-19H2,1-2H3,(H,28,32). The van der Waals surface area contributed by atoms with Gasteiger partial charge in [0.05, 0.1) is 6.54 Å². The third-order valence-electron chi connectivity index (χ3n) is 6.33. The van der Waals surface area contributed by atoms with Gasteiger partial charge in [0.1, 0.15) is 0 Å². The summed E-state index contributed by atoms with van der Waals surface area (Å²) in [4.78, 5) is 19.4. The van der Waals surface area contributed by atoms with Crippen LogP contribution < -0.4 is 5.32 Å². The molecular formula is C27H34N4O2S. The molecule has 1 aliphatic heterocycles. The van der Waals surface area contributed by atoms with Gasteiger partial charge in [-0.3, -0.25) is 9.69 Å². The van der Waals surface area contributed by atoms with E-state index in [-0.39, 0.29) is 11.8 Å². The third kappa shape index (κ3) is 6.93. The van der Waals surface area contributed by atoms with Crippen LogP contribution in [0.3, 0.4) is 0 Å². The first kappa shape index (κ1) is 24.5. The largest absolute Gasteiger partial charge is 0.356 e. The molecule has 1 amide bonds. The zero-order valence-electron chi connectivity index (χ0n) is 20.1. The van der Waals surface area contributed by atoms with E-state index in [0.29, 0.717) is 18.3 Å². The van der Waals surface area contributed by atoms with E-state index in [1.54, 1.807) is 0 Å². The highest BCUT2D eigenvalue weighted by Gasteiger charge is 2.25. The van der Waals surface area contributed by atoms with E-state index in [1.807, 2.05) is 43.0 Å². The minimum atomic E-state index is 0.0988. The van der Waals surface area contributed by atoms with Crippen LogP contribution >= 0.6 is 11.8 Å². The molecule has 2 heterocycles. The Bertz CT molecular complexity index is 1060. The summed E-state index contributed by atoms with van der Waals surface area (Å²) in [5, 5.41) is 7.29. The SMILES string of the molecule is Cc1ccc(CSCCCNC(=O)C2CCN(Cc3nc(-c4ccccc4C)no3)CC2)cc1. The number of aromatic nitrogens is 2. The van der Waals surface area contributed by atoms with Crippen LogP contribution in [0.4, 0.5) is 0 Å². The van der Waals surface area contributed by atoms with Crippen molar-refractivity contribution >= 4 is 17.7 Å². The van der Waals surface area contributed by atoms with E-state index in [1.165, 1.54) is 11.1 Å². The number of likely N-dealkylation sites (tertiary alicyclic amines) is 1. The third-order valence-corrected chi connectivity index (χ3v) is 7.44. The topological polar surface area (TPSA) is 71.3 Å². The first-order chi connectivity index (χ1) is 16.6. The molecule has 0 saturated carbocycles. The van der Waals surface area contributed by atoms with Crippen LogP contribution in [-0.2, 0) is 17.1 Å². The van der Waals surface area contributed by atoms with Gasteiger partial charge in [0, 0.05) is 23.8 Å². The Morgan fingerprint density at radius 2 is 1.88 bits per heavy atom. The minimum absolute atomic E-state index is 0.0988. The van der Waals surface area contributed by atoms with E-state index < -0.39 is 0 Å². The van der Waals surface area contributed by atoms with Crippen molar-refractivity contribution in [3.8, 4) is 11.4 Å². The predicted molar refractivity (Wildman–Crippen MR) is 137 cm³/mol. The average Bonchev–Trinajstić information content (AvgIpc) is 3.31. The maximum absolute atomic E-state index is 12.6. The summed E-state index contributed by atoms with van der Waals surface area (Å²) in [5.74, 6) is 3.65. The maximum atomic E-state index is 12.6. The second-order valence-corrected chi connectivity index (χ2v) is 10.2. The molecule has 6 nitrogen and oxygen atoms in total. The number of hydrogen-bond acceptors (Lipinski definition) is 6. The number of hydrogen-bond donors (Lipinski definition) is 1. The molecule has 0 bridgehead atoms. The van der Waals surface area contributed by atoms with Crippen molar-refractivity contribution in [3.05, 3.63) is 71.1 Å². The van der Waals surface area contributed by atoms with Crippen LogP contribution in [0, 0.1) is 19.8 Å². The Morgan fingerprint density at radius 3 is 2.65 bits per heavy atom. The summed E-state index contributed by atoms with van der Waals surface area (Å²) in [6.07, 6.45) is 2.74. The van der Waals surface area contributed by atoms with Crippen LogP contribution in [-0.4, -0.2) is 46.3 Å². The lowest BCUT2D eigenvalue weighted by Crippen LogP contribution is -2.40. The van der Waals surface area contributed by atoms with E-state index in [2.05, 4.69) is 51.5 Å². The van der Waals surface area contributed by atoms with Gasteiger partial charge in [0.2, 0.25) is 17.6 Å². The minimum Gasteiger partial charge on any atom is -0.356 e. The molecule has 1 saturated heterocycles. The molecule has 4 rings (SSSR count). The van der Waals surface area contributed by atoms with Crippen LogP contribution in [0.25, 0.3) is 11.4 Å². The zero-order valence-corrected chi connectivity index (χ0v) is 20.9. The van der Waals surface area contributed by atoms with Gasteiger partial charge in [-0.2, -0.15) is 16.7 Å². The van der Waals surface area contributed by atoms with Crippen molar-refractivity contribution in [1.82, 2.24) is 20.4 Å². The molecule has 180 valence electrons. The Labute approximate surface area is 206 Å². The van der Waals surface area contributed by atoms with E-state index in [0.717, 1.165) is 61.5 Å². The number of thioether (sulfide) groups is 1. The highest BCUT2D eigenvalue weighted by molar-refractivity contribution is 7.98. The van der Waals surface area contributed by atoms with Gasteiger partial charge < -0.3 is 9.84 Å². The highest BCUT2D eigenvalue weighted by atomic mass is 32.2. The highest BCUT2D eigenvalue weighted by Crippen LogP contribution is 2.22. The molecule has 0 atom stereocenters. The maximum Gasteiger partial charge on any atom is 0.241 e. The van der Waals surface area contributed by atoms with Crippen molar-refractivity contribution in [2.45, 2.75) is 45.4 Å². The molecule has 0 unspecified atom stereocenters. The summed E-state index contributed by atoms with van der Waals surface area (Å²) in [5.41, 5.74) is 4.79. The van der Waals surface area contributed by atoms with Gasteiger partial charge in [-0.05, 0) is 63.1 Å². The van der Waals surface area contributed by atoms with Crippen LogP contribution in [0.5, 0.6) is 0 Å². The van der Waals surface area contributed by atoms with Crippen molar-refractivity contribution in [2.75, 3.05) is 25.4 Å². The fraction of sp³-hybridized carbons (Fsp3) is 0.444. The molecule has 0 spiro atoms. The van der Waals surface area contributed by atoms with Gasteiger partial charge in [0.15, 0.2) is 0 Å². The van der Waals surface area contributed by atoms with Gasteiger partial charge in [-0.25, -0.2) is 0 Å². The molecule has 34 heavy (non-hydrogen) atoms. The molecule has 0 radical (unpaired) electrons. The lowest BCUT2D eigenvalue weighted by atomic mass is 9.96. The van der Waals surface area contributed by atoms with E-state index >= 15 is 0 Å². The number of nitrogens with zero attached hydrogens (tertiary/aromatic N) is 3. The van der Waals surface area contributed by atoms with Crippen LogP contribution in [0.1, 0.15) is 41.8 Å². The molecule has 1 aliphatic rings. The van der Waals surface area contributed by atoms with E-state index in [4.69, 9.17) is 4.52 Å². The summed E-state index contributed by atoms with van der Waals surface area (Å²) in [6.45, 7) is 7.28. The fourth-order valence-corrected chi connectivity index (χ4v) is 5.12. The molecule has 1 aromatic heterocycles. The Balaban J connectivity index is 1.11. The molecular weight excluding hydrogens is 444 g/mol. The Kier molecular flexibility index (Phi) is 8.77. The monoisotopic (exact) mass is 478 g/mol. The molecule has 1 fully saturated rings. The second kappa shape index (κ2) is 12.2. The Hall–Kier alpha value is -2.64. The number of carbonyl (C=O) groups excluding carboxylic acids is 1. The van der Waals surface area contributed by atoms with Gasteiger partial charge in [0.25, 0.3) is 0 Å². The summed E-state index contributed by atoms with van der Waals surface area (Å²) in [7, 11) is 0. The molecule has 7 heteroatoms. The smallest absolute Gasteiger partial charge is 0.241 e. The Morgan fingerprint density at radius 1 is 1.12 bits per heavy atom. The average molecular weight is 479 g/mol. The predicted octanol–water partition coefficient (Wildman–Crippen LogP) is 5.01. The van der Waals surface area contributed by atoms with Crippen molar-refractivity contribution in [3.63, 3.8) is 0 Å². The number of rotatable bonds is 10. The summed E-state index contributed by atoms with van der Waals surface area (Å²) >= 11 is 1.92. The first-order valence-electron chi connectivity index (χ1n) is 12.1. The number of aryl methyl sites for hydroxylation is 2. The molecule has 3 aromatic rings. The molecule has 0 aliphatic carbocycles. The summed E-state index contributed by atoms with van der Waals surface area (Å²) in [6, 6.07) is 16.8. The lowest BCUT2D eigenvalue weighted by molar-refractivity contribution is -0.126. The number of amides is 1. The van der Waals surface area contributed by atoms with Crippen LogP contribution in [0.2, 0.25) is 0 Å². The van der Waals surface area contributed by atoms with Crippen LogP contribution in [0.15, 0.2) is 53.1 Å². The number of carbonyl (C=O) groups is 1. The molecule has 2 aromatic carbocycles. The van der Waals surface area contributed by atoms with Gasteiger partial charge in [-0.1, -0.05) is 59.3 Å². The van der Waals surface area contributed by atoms with E-state index in [9.17, 15) is 4.79 Å². The quantitative estimate of drug-likeness (QED) is 0.413. The van der Waals surface area contributed by atoms with Crippen molar-refractivity contribution in [2.24, 2.45) is 5.92 Å². The number of nitrogens with one attached hydrogen (secondary N) is 1. The van der Waals surface area contributed by atoms with Crippen molar-refractivity contribution in [1.29, 1.82) is 0 Å². The lowest BCUT2D eigenvalue weighted by Gasteiger charge is -2.30. The second-order valence-electron chi connectivity index (χ2n) is 9.06. The first-order valence-corrected chi connectivity index (χ1v) is 13.3. The van der Waals surface area contributed by atoms with Gasteiger partial charge >= 0.3 is 0 Å². The fourth-order valence-electron chi connectivity index (χ4n) is 4.20. The molecule has 1 N–H and O–H groups in total. The number of benzene rings is 2. The zero-order chi connectivity index (χ0) is 23.8. The number of piperidine rings is 1. The summed E-state index contributed by atoms with van der Waals surface area (Å²) < 4.78 is 5.49.